The molecular formula is C16H25NO2P+. The molecule has 110 valence electrons. The minimum absolute atomic E-state index is 0.0742. The Balaban J connectivity index is 2.55. The summed E-state index contributed by atoms with van der Waals surface area (Å²) in [6.45, 7) is 11.9. The molecule has 1 N–H and O–H groups in total. The van der Waals surface area contributed by atoms with Gasteiger partial charge in [0.15, 0.2) is 6.29 Å². The number of carbonyl (C=O) groups is 1. The van der Waals surface area contributed by atoms with Gasteiger partial charge in [0.05, 0.1) is 5.69 Å². The summed E-state index contributed by atoms with van der Waals surface area (Å²) in [6, 6.07) is 7.80. The van der Waals surface area contributed by atoms with Crippen molar-refractivity contribution < 1.29 is 9.69 Å². The number of para-hydroxylation sites is 1. The van der Waals surface area contributed by atoms with Crippen molar-refractivity contribution in [2.45, 2.75) is 46.7 Å². The summed E-state index contributed by atoms with van der Waals surface area (Å²) in [7, 11) is -2.37. The van der Waals surface area contributed by atoms with Gasteiger partial charge in [0.25, 0.3) is 0 Å². The van der Waals surface area contributed by atoms with Crippen LogP contribution in [0.1, 0.15) is 41.5 Å². The zero-order valence-electron chi connectivity index (χ0n) is 13.3. The Hall–Kier alpha value is -0.920. The lowest BCUT2D eigenvalue weighted by molar-refractivity contribution is -0.125. The van der Waals surface area contributed by atoms with Crippen LogP contribution in [-0.2, 0) is 4.79 Å². The first kappa shape index (κ1) is 15.5. The summed E-state index contributed by atoms with van der Waals surface area (Å²) in [6.07, 6.45) is 0.436. The van der Waals surface area contributed by atoms with Gasteiger partial charge in [0.2, 0.25) is 13.4 Å². The maximum atomic E-state index is 12.7. The summed E-state index contributed by atoms with van der Waals surface area (Å²) in [5, 5.41) is 0.737. The zero-order valence-corrected chi connectivity index (χ0v) is 14.2. The number of hydrogen-bond donors (Lipinski definition) is 1. The number of fused-ring (bicyclic) bond motifs is 1. The number of rotatable bonds is 0. The number of nitrogens with zero attached hydrogens (tertiary/aromatic N) is 1. The van der Waals surface area contributed by atoms with Gasteiger partial charge in [-0.05, 0) is 32.9 Å². The van der Waals surface area contributed by atoms with Crippen molar-refractivity contribution >= 4 is 24.4 Å². The van der Waals surface area contributed by atoms with Gasteiger partial charge in [-0.3, -0.25) is 9.69 Å². The van der Waals surface area contributed by atoms with E-state index in [9.17, 15) is 9.69 Å². The lowest BCUT2D eigenvalue weighted by Gasteiger charge is -2.30. The molecule has 1 aromatic carbocycles. The van der Waals surface area contributed by atoms with Crippen molar-refractivity contribution in [1.29, 1.82) is 0 Å². The SMILES string of the molecule is CC(C)(C)C(=O)N1C[P+](O)(C(C)(C)C)c2ccccc21. The Morgan fingerprint density at radius 2 is 1.70 bits per heavy atom. The van der Waals surface area contributed by atoms with Gasteiger partial charge in [0, 0.05) is 5.41 Å². The molecule has 0 aromatic heterocycles. The Morgan fingerprint density at radius 3 is 2.20 bits per heavy atom. The number of benzene rings is 1. The van der Waals surface area contributed by atoms with E-state index in [2.05, 4.69) is 20.8 Å². The van der Waals surface area contributed by atoms with Gasteiger partial charge in [-0.25, -0.2) is 4.89 Å². The lowest BCUT2D eigenvalue weighted by Crippen LogP contribution is -2.39. The highest BCUT2D eigenvalue weighted by molar-refractivity contribution is 7.80. The maximum Gasteiger partial charge on any atom is 0.235 e. The third kappa shape index (κ3) is 2.27. The molecule has 1 unspecified atom stereocenters. The highest BCUT2D eigenvalue weighted by atomic mass is 31.2. The maximum absolute atomic E-state index is 12.7. The third-order valence-corrected chi connectivity index (χ3v) is 8.00. The standard InChI is InChI=1S/C16H25NO2P/c1-15(2,3)14(18)17-11-20(19,16(4,5)6)13-10-8-7-9-12(13)17/h7-10,19H,11H2,1-6H3/q+1. The minimum Gasteiger partial charge on any atom is -0.274 e. The summed E-state index contributed by atoms with van der Waals surface area (Å²) in [4.78, 5) is 25.7. The molecule has 0 saturated carbocycles. The molecule has 1 aromatic rings. The van der Waals surface area contributed by atoms with Gasteiger partial charge >= 0.3 is 0 Å². The van der Waals surface area contributed by atoms with Crippen molar-refractivity contribution in [1.82, 2.24) is 0 Å². The summed E-state index contributed by atoms with van der Waals surface area (Å²) in [5.74, 6) is 0.0742. The van der Waals surface area contributed by atoms with E-state index < -0.39 is 12.9 Å². The van der Waals surface area contributed by atoms with E-state index >= 15 is 0 Å². The predicted octanol–water partition coefficient (Wildman–Crippen LogP) is 3.39. The second kappa shape index (κ2) is 4.54. The molecule has 0 saturated heterocycles. The summed E-state index contributed by atoms with van der Waals surface area (Å²) >= 11 is 0. The number of hydrogen-bond acceptors (Lipinski definition) is 2. The molecule has 1 atom stereocenters. The summed E-state index contributed by atoms with van der Waals surface area (Å²) in [5.41, 5.74) is 0.443. The van der Waals surface area contributed by atoms with Crippen LogP contribution in [-0.4, -0.2) is 22.2 Å². The average Bonchev–Trinajstić information content (AvgIpc) is 2.62. The van der Waals surface area contributed by atoms with Crippen LogP contribution in [0.4, 0.5) is 5.69 Å². The van der Waals surface area contributed by atoms with E-state index in [-0.39, 0.29) is 11.1 Å². The molecular weight excluding hydrogens is 269 g/mol. The number of carbonyl (C=O) groups excluding carboxylic acids is 1. The molecule has 0 bridgehead atoms. The largest absolute Gasteiger partial charge is 0.274 e. The van der Waals surface area contributed by atoms with Crippen LogP contribution in [0.3, 0.4) is 0 Å². The van der Waals surface area contributed by atoms with E-state index in [4.69, 9.17) is 0 Å². The van der Waals surface area contributed by atoms with Gasteiger partial charge in [-0.2, -0.15) is 0 Å². The van der Waals surface area contributed by atoms with Crippen molar-refractivity contribution in [2.24, 2.45) is 5.41 Å². The van der Waals surface area contributed by atoms with E-state index in [1.54, 1.807) is 4.90 Å². The molecule has 1 heterocycles. The van der Waals surface area contributed by atoms with Gasteiger partial charge in [0.1, 0.15) is 10.5 Å². The second-order valence-electron chi connectivity index (χ2n) is 7.55. The highest BCUT2D eigenvalue weighted by Crippen LogP contribution is 2.69. The van der Waals surface area contributed by atoms with Crippen LogP contribution in [0.2, 0.25) is 0 Å². The molecule has 20 heavy (non-hydrogen) atoms. The molecule has 0 spiro atoms. The normalized spacial score (nSPS) is 22.9. The first-order valence-electron chi connectivity index (χ1n) is 7.01. The third-order valence-electron chi connectivity index (χ3n) is 3.91. The Kier molecular flexibility index (Phi) is 3.51. The van der Waals surface area contributed by atoms with Gasteiger partial charge in [-0.1, -0.05) is 32.9 Å². The van der Waals surface area contributed by atoms with Crippen molar-refractivity contribution in [3.8, 4) is 0 Å². The first-order chi connectivity index (χ1) is 8.98. The van der Waals surface area contributed by atoms with Crippen LogP contribution >= 0.6 is 7.49 Å². The minimum atomic E-state index is -2.37. The predicted molar refractivity (Wildman–Crippen MR) is 86.8 cm³/mol. The zero-order chi connectivity index (χ0) is 15.3. The Bertz CT molecular complexity index is 542. The Morgan fingerprint density at radius 1 is 1.15 bits per heavy atom. The van der Waals surface area contributed by atoms with Gasteiger partial charge < -0.3 is 0 Å². The van der Waals surface area contributed by atoms with Crippen molar-refractivity contribution in [2.75, 3.05) is 11.2 Å². The molecule has 3 nitrogen and oxygen atoms in total. The van der Waals surface area contributed by atoms with Crippen LogP contribution in [0.25, 0.3) is 0 Å². The molecule has 1 aliphatic heterocycles. The highest BCUT2D eigenvalue weighted by Gasteiger charge is 2.59. The molecule has 0 aliphatic carbocycles. The molecule has 4 heteroatoms. The molecule has 1 aliphatic rings. The van der Waals surface area contributed by atoms with Crippen LogP contribution in [0.5, 0.6) is 0 Å². The van der Waals surface area contributed by atoms with Crippen LogP contribution in [0.15, 0.2) is 24.3 Å². The van der Waals surface area contributed by atoms with Crippen LogP contribution in [0, 0.1) is 5.41 Å². The molecule has 2 rings (SSSR count). The average molecular weight is 294 g/mol. The van der Waals surface area contributed by atoms with Crippen LogP contribution < -0.4 is 10.2 Å². The fourth-order valence-electron chi connectivity index (χ4n) is 2.51. The lowest BCUT2D eigenvalue weighted by atomic mass is 9.95. The smallest absolute Gasteiger partial charge is 0.235 e. The monoisotopic (exact) mass is 294 g/mol. The van der Waals surface area contributed by atoms with Gasteiger partial charge in [-0.15, -0.1) is 0 Å². The number of amides is 1. The van der Waals surface area contributed by atoms with E-state index in [0.717, 1.165) is 11.0 Å². The van der Waals surface area contributed by atoms with E-state index in [1.165, 1.54) is 0 Å². The summed E-state index contributed by atoms with van der Waals surface area (Å²) < 4.78 is 0. The molecule has 0 fully saturated rings. The van der Waals surface area contributed by atoms with E-state index in [0.29, 0.717) is 6.29 Å². The fraction of sp³-hybridized carbons (Fsp3) is 0.562. The van der Waals surface area contributed by atoms with Crippen molar-refractivity contribution in [3.05, 3.63) is 24.3 Å². The fourth-order valence-corrected chi connectivity index (χ4v) is 5.41. The Labute approximate surface area is 122 Å². The molecule has 1 amide bonds. The topological polar surface area (TPSA) is 40.5 Å². The van der Waals surface area contributed by atoms with E-state index in [1.807, 2.05) is 45.0 Å². The molecule has 0 radical (unpaired) electrons. The quantitative estimate of drug-likeness (QED) is 0.745. The van der Waals surface area contributed by atoms with Crippen molar-refractivity contribution in [3.63, 3.8) is 0 Å². The first-order valence-corrected chi connectivity index (χ1v) is 8.94. The number of anilines is 1. The second-order valence-corrected chi connectivity index (χ2v) is 11.2.